The molecular formula is C24H23FN4O4S. The molecule has 1 N–H and O–H groups in total. The van der Waals surface area contributed by atoms with Crippen molar-refractivity contribution in [2.75, 3.05) is 11.3 Å². The lowest BCUT2D eigenvalue weighted by Gasteiger charge is -2.16. The number of sulfonamides is 1. The molecule has 0 atom stereocenters. The Hall–Kier alpha value is -3.79. The van der Waals surface area contributed by atoms with Gasteiger partial charge in [0.1, 0.15) is 11.4 Å². The smallest absolute Gasteiger partial charge is 0.341 e. The van der Waals surface area contributed by atoms with Crippen molar-refractivity contribution in [3.8, 4) is 0 Å². The largest absolute Gasteiger partial charge is 0.462 e. The predicted molar refractivity (Wildman–Crippen MR) is 126 cm³/mol. The Morgan fingerprint density at radius 2 is 1.91 bits per heavy atom. The molecule has 34 heavy (non-hydrogen) atoms. The van der Waals surface area contributed by atoms with Gasteiger partial charge in [0.25, 0.3) is 10.0 Å². The quantitative estimate of drug-likeness (QED) is 0.400. The average molecular weight is 483 g/mol. The van der Waals surface area contributed by atoms with Crippen LogP contribution in [0, 0.1) is 12.7 Å². The number of nitrogens with one attached hydrogen (secondary N) is 1. The Kier molecular flexibility index (Phi) is 6.34. The summed E-state index contributed by atoms with van der Waals surface area (Å²) in [6.45, 7) is 3.45. The van der Waals surface area contributed by atoms with E-state index in [4.69, 9.17) is 4.74 Å². The molecule has 0 saturated carbocycles. The molecule has 0 amide bonds. The molecule has 2 aromatic carbocycles. The number of hydrogen-bond donors (Lipinski definition) is 1. The van der Waals surface area contributed by atoms with Crippen molar-refractivity contribution >= 4 is 32.7 Å². The minimum absolute atomic E-state index is 0.0176. The molecule has 0 aliphatic carbocycles. The molecule has 8 nitrogen and oxygen atoms in total. The fourth-order valence-electron chi connectivity index (χ4n) is 3.83. The fourth-order valence-corrected chi connectivity index (χ4v) is 5.15. The second-order valence-corrected chi connectivity index (χ2v) is 9.35. The van der Waals surface area contributed by atoms with E-state index in [0.29, 0.717) is 16.7 Å². The second kappa shape index (κ2) is 9.22. The monoisotopic (exact) mass is 482 g/mol. The highest BCUT2D eigenvalue weighted by molar-refractivity contribution is 7.92. The van der Waals surface area contributed by atoms with Crippen LogP contribution in [0.25, 0.3) is 11.0 Å². The zero-order chi connectivity index (χ0) is 24.5. The van der Waals surface area contributed by atoms with Crippen LogP contribution in [-0.4, -0.2) is 35.8 Å². The first kappa shape index (κ1) is 23.4. The average Bonchev–Trinajstić information content (AvgIpc) is 3.08. The lowest BCUT2D eigenvalue weighted by Crippen LogP contribution is -2.19. The van der Waals surface area contributed by atoms with Gasteiger partial charge in [-0.3, -0.25) is 9.40 Å². The summed E-state index contributed by atoms with van der Waals surface area (Å²) in [5.74, 6) is -1.27. The summed E-state index contributed by atoms with van der Waals surface area (Å²) in [7, 11) is -2.57. The van der Waals surface area contributed by atoms with Gasteiger partial charge in [0.15, 0.2) is 5.65 Å². The Morgan fingerprint density at radius 3 is 2.62 bits per heavy atom. The SMILES string of the molecule is CCOC(=O)c1cnc2c(c(C)nn2C)c1NS(=O)(=O)c1ccc(F)cc1Cc1ccccc1. The van der Waals surface area contributed by atoms with E-state index in [1.807, 2.05) is 30.3 Å². The molecule has 0 radical (unpaired) electrons. The zero-order valence-corrected chi connectivity index (χ0v) is 19.7. The molecule has 0 unspecified atom stereocenters. The molecule has 0 bridgehead atoms. The first-order valence-corrected chi connectivity index (χ1v) is 12.0. The van der Waals surface area contributed by atoms with Crippen LogP contribution >= 0.6 is 0 Å². The molecule has 0 aliphatic rings. The number of halogens is 1. The highest BCUT2D eigenvalue weighted by Crippen LogP contribution is 2.32. The van der Waals surface area contributed by atoms with Crippen LogP contribution in [0.1, 0.15) is 34.1 Å². The van der Waals surface area contributed by atoms with Crippen molar-refractivity contribution in [1.29, 1.82) is 0 Å². The van der Waals surface area contributed by atoms with Crippen LogP contribution in [0.4, 0.5) is 10.1 Å². The summed E-state index contributed by atoms with van der Waals surface area (Å²) in [5.41, 5.74) is 1.96. The van der Waals surface area contributed by atoms with Gasteiger partial charge in [-0.05, 0) is 49.6 Å². The maximum absolute atomic E-state index is 14.1. The second-order valence-electron chi connectivity index (χ2n) is 7.69. The Labute approximate surface area is 196 Å². The van der Waals surface area contributed by atoms with E-state index in [9.17, 15) is 17.6 Å². The molecule has 0 aliphatic heterocycles. The third kappa shape index (κ3) is 4.49. The number of nitrogens with zero attached hydrogens (tertiary/aromatic N) is 3. The highest BCUT2D eigenvalue weighted by atomic mass is 32.2. The van der Waals surface area contributed by atoms with Crippen molar-refractivity contribution in [3.63, 3.8) is 0 Å². The lowest BCUT2D eigenvalue weighted by atomic mass is 10.1. The molecule has 2 heterocycles. The van der Waals surface area contributed by atoms with Gasteiger partial charge in [0.05, 0.1) is 28.3 Å². The zero-order valence-electron chi connectivity index (χ0n) is 18.9. The van der Waals surface area contributed by atoms with E-state index in [2.05, 4.69) is 14.8 Å². The summed E-state index contributed by atoms with van der Waals surface area (Å²) in [5, 5.41) is 4.68. The number of rotatable bonds is 7. The number of hydrogen-bond acceptors (Lipinski definition) is 6. The first-order chi connectivity index (χ1) is 16.2. The standard InChI is InChI=1S/C24H23FN4O4S/c1-4-33-24(30)19-14-26-23-21(15(2)27-29(23)3)22(19)28-34(31,32)20-11-10-18(25)13-17(20)12-16-8-6-5-7-9-16/h5-11,13-14H,4,12H2,1-3H3,(H,26,28). The summed E-state index contributed by atoms with van der Waals surface area (Å²) in [6.07, 6.45) is 1.46. The number of aryl methyl sites for hydroxylation is 2. The van der Waals surface area contributed by atoms with Crippen LogP contribution in [-0.2, 0) is 28.2 Å². The summed E-state index contributed by atoms with van der Waals surface area (Å²) in [6, 6.07) is 12.7. The van der Waals surface area contributed by atoms with Gasteiger partial charge in [-0.1, -0.05) is 30.3 Å². The number of aromatic nitrogens is 3. The number of carbonyl (C=O) groups is 1. The maximum atomic E-state index is 14.1. The summed E-state index contributed by atoms with van der Waals surface area (Å²) >= 11 is 0. The van der Waals surface area contributed by atoms with E-state index >= 15 is 0 Å². The molecule has 0 saturated heterocycles. The molecule has 176 valence electrons. The van der Waals surface area contributed by atoms with E-state index in [-0.39, 0.29) is 34.7 Å². The Bertz CT molecular complexity index is 1480. The van der Waals surface area contributed by atoms with Gasteiger partial charge in [0.2, 0.25) is 0 Å². The number of benzene rings is 2. The Morgan fingerprint density at radius 1 is 1.18 bits per heavy atom. The number of anilines is 1. The van der Waals surface area contributed by atoms with Crippen molar-refractivity contribution < 1.29 is 22.3 Å². The number of pyridine rings is 1. The van der Waals surface area contributed by atoms with E-state index < -0.39 is 21.8 Å². The van der Waals surface area contributed by atoms with Crippen molar-refractivity contribution in [3.05, 3.63) is 82.9 Å². The number of carbonyl (C=O) groups excluding carboxylic acids is 1. The summed E-state index contributed by atoms with van der Waals surface area (Å²) < 4.78 is 50.4. The number of esters is 1. The first-order valence-electron chi connectivity index (χ1n) is 10.6. The highest BCUT2D eigenvalue weighted by Gasteiger charge is 2.27. The minimum Gasteiger partial charge on any atom is -0.462 e. The molecule has 4 aromatic rings. The molecule has 0 fully saturated rings. The predicted octanol–water partition coefficient (Wildman–Crippen LogP) is 3.98. The normalized spacial score (nSPS) is 11.5. The van der Waals surface area contributed by atoms with Crippen LogP contribution in [0.15, 0.2) is 59.6 Å². The van der Waals surface area contributed by atoms with Gasteiger partial charge < -0.3 is 4.74 Å². The minimum atomic E-state index is -4.24. The van der Waals surface area contributed by atoms with Crippen LogP contribution in [0.2, 0.25) is 0 Å². The molecule has 10 heteroatoms. The third-order valence-corrected chi connectivity index (χ3v) is 6.76. The maximum Gasteiger partial charge on any atom is 0.341 e. The molecule has 0 spiro atoms. The fraction of sp³-hybridized carbons (Fsp3) is 0.208. The van der Waals surface area contributed by atoms with E-state index in [1.165, 1.54) is 23.0 Å². The van der Waals surface area contributed by atoms with Crippen LogP contribution in [0.3, 0.4) is 0 Å². The van der Waals surface area contributed by atoms with Crippen molar-refractivity contribution in [2.24, 2.45) is 7.05 Å². The third-order valence-electron chi connectivity index (χ3n) is 5.31. The van der Waals surface area contributed by atoms with Gasteiger partial charge in [-0.25, -0.2) is 22.6 Å². The summed E-state index contributed by atoms with van der Waals surface area (Å²) in [4.78, 5) is 16.8. The topological polar surface area (TPSA) is 103 Å². The van der Waals surface area contributed by atoms with Crippen molar-refractivity contribution in [2.45, 2.75) is 25.2 Å². The van der Waals surface area contributed by atoms with E-state index in [1.54, 1.807) is 20.9 Å². The number of ether oxygens (including phenoxy) is 1. The lowest BCUT2D eigenvalue weighted by molar-refractivity contribution is 0.0527. The van der Waals surface area contributed by atoms with Gasteiger partial charge >= 0.3 is 5.97 Å². The van der Waals surface area contributed by atoms with Gasteiger partial charge in [0, 0.05) is 13.2 Å². The van der Waals surface area contributed by atoms with Crippen LogP contribution in [0.5, 0.6) is 0 Å². The molecule has 4 rings (SSSR count). The van der Waals surface area contributed by atoms with Gasteiger partial charge in [-0.2, -0.15) is 5.10 Å². The number of fused-ring (bicyclic) bond motifs is 1. The van der Waals surface area contributed by atoms with Crippen LogP contribution < -0.4 is 4.72 Å². The Balaban J connectivity index is 1.85. The molecule has 2 aromatic heterocycles. The van der Waals surface area contributed by atoms with Gasteiger partial charge in [-0.15, -0.1) is 0 Å². The van der Waals surface area contributed by atoms with Crippen molar-refractivity contribution in [1.82, 2.24) is 14.8 Å². The molecular weight excluding hydrogens is 459 g/mol. The van der Waals surface area contributed by atoms with E-state index in [0.717, 1.165) is 11.6 Å².